The monoisotopic (exact) mass is 644 g/mol. The van der Waals surface area contributed by atoms with Crippen molar-refractivity contribution in [1.82, 2.24) is 10.0 Å². The van der Waals surface area contributed by atoms with Gasteiger partial charge in [0.2, 0.25) is 0 Å². The van der Waals surface area contributed by atoms with Crippen LogP contribution in [0.5, 0.6) is 0 Å². The van der Waals surface area contributed by atoms with Crippen LogP contribution in [0.3, 0.4) is 0 Å². The van der Waals surface area contributed by atoms with E-state index >= 15 is 0 Å². The minimum atomic E-state index is -0.790. The van der Waals surface area contributed by atoms with Crippen molar-refractivity contribution in [3.8, 4) is 0 Å². The average Bonchev–Trinajstić information content (AvgIpc) is 3.42. The quantitative estimate of drug-likeness (QED) is 0.256. The number of Topliss-reactive ketones (excluding diaryl/α,β-unsaturated/α-hetero) is 1. The van der Waals surface area contributed by atoms with Crippen molar-refractivity contribution < 1.29 is 23.6 Å². The van der Waals surface area contributed by atoms with Crippen molar-refractivity contribution in [2.24, 2.45) is 23.7 Å². The van der Waals surface area contributed by atoms with E-state index in [0.717, 1.165) is 28.6 Å². The lowest BCUT2D eigenvalue weighted by atomic mass is 9.81. The van der Waals surface area contributed by atoms with Gasteiger partial charge in [-0.3, -0.25) is 19.2 Å². The summed E-state index contributed by atoms with van der Waals surface area (Å²) in [5.74, 6) is -4.21. The molecule has 5 rings (SSSR count). The molecule has 0 unspecified atom stereocenters. The van der Waals surface area contributed by atoms with Gasteiger partial charge in [-0.15, -0.1) is 0 Å². The maximum Gasteiger partial charge on any atom is 0.274 e. The summed E-state index contributed by atoms with van der Waals surface area (Å²) in [6.07, 6.45) is 0.720. The molecule has 1 aliphatic heterocycles. The van der Waals surface area contributed by atoms with E-state index in [4.69, 9.17) is 23.2 Å². The van der Waals surface area contributed by atoms with Crippen LogP contribution in [0.1, 0.15) is 27.1 Å². The minimum absolute atomic E-state index is 0.0136. The number of nitrogens with zero attached hydrogens (tertiary/aromatic N) is 2. The second kappa shape index (κ2) is 9.25. The summed E-state index contributed by atoms with van der Waals surface area (Å²) in [4.78, 5) is 53.9. The van der Waals surface area contributed by atoms with Gasteiger partial charge in [0.1, 0.15) is 12.4 Å². The van der Waals surface area contributed by atoms with Crippen molar-refractivity contribution in [3.05, 3.63) is 69.5 Å². The van der Waals surface area contributed by atoms with Gasteiger partial charge in [-0.05, 0) is 60.7 Å². The van der Waals surface area contributed by atoms with E-state index in [2.05, 4.69) is 31.9 Å². The predicted molar refractivity (Wildman–Crippen MR) is 134 cm³/mol. The zero-order chi connectivity index (χ0) is 25.2. The van der Waals surface area contributed by atoms with Crippen molar-refractivity contribution in [1.29, 1.82) is 0 Å². The second-order valence-corrected chi connectivity index (χ2v) is 11.9. The predicted octanol–water partition coefficient (Wildman–Crippen LogP) is 5.15. The average molecular weight is 647 g/mol. The number of carbonyl (C=O) groups is 4. The summed E-state index contributed by atoms with van der Waals surface area (Å²) < 4.78 is 13.4. The van der Waals surface area contributed by atoms with Crippen LogP contribution in [0, 0.1) is 29.5 Å². The number of hydrazine groups is 1. The molecule has 0 radical (unpaired) electrons. The van der Waals surface area contributed by atoms with Crippen LogP contribution in [-0.4, -0.2) is 49.7 Å². The number of fused-ring (bicyclic) bond motifs is 5. The number of hydrogen-bond acceptors (Lipinski definition) is 4. The van der Waals surface area contributed by atoms with Crippen LogP contribution in [0.4, 0.5) is 4.39 Å². The molecule has 35 heavy (non-hydrogen) atoms. The van der Waals surface area contributed by atoms with Gasteiger partial charge in [-0.25, -0.2) is 9.40 Å². The molecule has 1 heterocycles. The number of benzene rings is 2. The van der Waals surface area contributed by atoms with E-state index in [-0.39, 0.29) is 37.6 Å². The molecule has 6 nitrogen and oxygen atoms in total. The van der Waals surface area contributed by atoms with E-state index in [0.29, 0.717) is 5.02 Å². The lowest BCUT2D eigenvalue weighted by Gasteiger charge is -2.31. The third-order valence-electron chi connectivity index (χ3n) is 7.06. The highest BCUT2D eigenvalue weighted by atomic mass is 79.9. The molecule has 1 saturated heterocycles. The molecule has 6 atom stereocenters. The molecule has 0 aromatic heterocycles. The Kier molecular flexibility index (Phi) is 6.57. The summed E-state index contributed by atoms with van der Waals surface area (Å²) in [5.41, 5.74) is 0.118. The summed E-state index contributed by atoms with van der Waals surface area (Å²) in [6.45, 7) is -0.606. The van der Waals surface area contributed by atoms with E-state index in [1.807, 2.05) is 0 Å². The van der Waals surface area contributed by atoms with Gasteiger partial charge in [0.05, 0.1) is 22.4 Å². The highest BCUT2D eigenvalue weighted by molar-refractivity contribution is 9.12. The Hall–Kier alpha value is -1.81. The zero-order valence-electron chi connectivity index (χ0n) is 17.8. The number of rotatable bonds is 5. The molecular weight excluding hydrogens is 630 g/mol. The molecule has 0 N–H and O–H groups in total. The molecule has 2 aromatic rings. The smallest absolute Gasteiger partial charge is 0.274 e. The molecule has 11 heteroatoms. The van der Waals surface area contributed by atoms with E-state index in [1.165, 1.54) is 30.3 Å². The Bertz CT molecular complexity index is 1230. The fourth-order valence-corrected chi connectivity index (χ4v) is 7.83. The van der Waals surface area contributed by atoms with Crippen LogP contribution in [0.2, 0.25) is 10.0 Å². The summed E-state index contributed by atoms with van der Waals surface area (Å²) in [7, 11) is 0. The highest BCUT2D eigenvalue weighted by Gasteiger charge is 2.67. The van der Waals surface area contributed by atoms with Crippen LogP contribution in [-0.2, 0) is 9.59 Å². The maximum atomic E-state index is 13.6. The summed E-state index contributed by atoms with van der Waals surface area (Å²) in [6, 6.07) is 9.00. The van der Waals surface area contributed by atoms with Crippen molar-refractivity contribution >= 4 is 78.6 Å². The van der Waals surface area contributed by atoms with E-state index < -0.39 is 47.7 Å². The Morgan fingerprint density at radius 3 is 2.09 bits per heavy atom. The van der Waals surface area contributed by atoms with Gasteiger partial charge >= 0.3 is 0 Å². The SMILES string of the molecule is O=C(CN(C(=O)c1ccc(Cl)cc1Cl)N1C(=O)[C@@H]2[C@H]3C[C@@H]([C@H](Br)[C@@H]3Br)[C@@H]2C1=O)c1ccc(F)cc1. The molecule has 2 saturated carbocycles. The summed E-state index contributed by atoms with van der Waals surface area (Å²) >= 11 is 19.5. The Labute approximate surface area is 226 Å². The van der Waals surface area contributed by atoms with Gasteiger partial charge in [0.15, 0.2) is 5.78 Å². The zero-order valence-corrected chi connectivity index (χ0v) is 22.5. The highest BCUT2D eigenvalue weighted by Crippen LogP contribution is 2.60. The number of hydrogen-bond donors (Lipinski definition) is 0. The van der Waals surface area contributed by atoms with Gasteiger partial charge in [-0.2, -0.15) is 5.01 Å². The van der Waals surface area contributed by atoms with Crippen LogP contribution in [0.25, 0.3) is 0 Å². The molecule has 3 fully saturated rings. The minimum Gasteiger partial charge on any atom is -0.292 e. The second-order valence-electron chi connectivity index (χ2n) is 8.91. The Morgan fingerprint density at radius 1 is 0.971 bits per heavy atom. The van der Waals surface area contributed by atoms with Gasteiger partial charge < -0.3 is 0 Å². The number of amides is 3. The van der Waals surface area contributed by atoms with Crippen molar-refractivity contribution in [2.75, 3.05) is 6.54 Å². The number of halogens is 5. The number of imide groups is 1. The van der Waals surface area contributed by atoms with Crippen molar-refractivity contribution in [2.45, 2.75) is 16.1 Å². The first kappa shape index (κ1) is 24.9. The third-order valence-corrected chi connectivity index (χ3v) is 10.8. The van der Waals surface area contributed by atoms with Gasteiger partial charge in [0, 0.05) is 20.2 Å². The first-order chi connectivity index (χ1) is 16.6. The number of alkyl halides is 2. The topological polar surface area (TPSA) is 74.8 Å². The Morgan fingerprint density at radius 2 is 1.54 bits per heavy atom. The normalized spacial score (nSPS) is 29.0. The molecule has 2 aromatic carbocycles. The summed E-state index contributed by atoms with van der Waals surface area (Å²) in [5, 5.41) is 1.98. The molecular formula is C24H17Br2Cl2FN2O4. The molecule has 3 amide bonds. The third kappa shape index (κ3) is 4.04. The standard InChI is InChI=1S/C24H17Br2Cl2FN2O4/c25-20-14-8-15(21(20)26)19-18(14)23(34)31(24(19)35)30(9-17(32)10-1-4-12(29)5-2-10)22(33)13-6-3-11(27)7-16(13)28/h1-7,14-15,18-21H,8-9H2/t14-,15-,18-,19+,20-,21+/m1/s1. The lowest BCUT2D eigenvalue weighted by molar-refractivity contribution is -0.154. The fraction of sp³-hybridized carbons (Fsp3) is 0.333. The van der Waals surface area contributed by atoms with E-state index in [1.54, 1.807) is 0 Å². The molecule has 3 aliphatic rings. The molecule has 0 spiro atoms. The van der Waals surface area contributed by atoms with Crippen molar-refractivity contribution in [3.63, 3.8) is 0 Å². The fourth-order valence-electron chi connectivity index (χ4n) is 5.47. The lowest BCUT2D eigenvalue weighted by Crippen LogP contribution is -2.52. The van der Waals surface area contributed by atoms with Crippen LogP contribution >= 0.6 is 55.1 Å². The first-order valence-corrected chi connectivity index (χ1v) is 13.4. The van der Waals surface area contributed by atoms with Gasteiger partial charge in [0.25, 0.3) is 17.7 Å². The van der Waals surface area contributed by atoms with Crippen LogP contribution in [0.15, 0.2) is 42.5 Å². The molecule has 2 aliphatic carbocycles. The largest absolute Gasteiger partial charge is 0.292 e. The maximum absolute atomic E-state index is 13.6. The molecule has 2 bridgehead atoms. The van der Waals surface area contributed by atoms with Gasteiger partial charge in [-0.1, -0.05) is 55.1 Å². The number of carbonyl (C=O) groups excluding carboxylic acids is 4. The number of ketones is 1. The van der Waals surface area contributed by atoms with E-state index in [9.17, 15) is 23.6 Å². The first-order valence-electron chi connectivity index (χ1n) is 10.8. The molecule has 182 valence electrons. The van der Waals surface area contributed by atoms with Crippen LogP contribution < -0.4 is 0 Å². The Balaban J connectivity index is 1.53.